The highest BCUT2D eigenvalue weighted by Crippen LogP contribution is 2.32. The average Bonchev–Trinajstić information content (AvgIpc) is 2.99. The first-order valence-electron chi connectivity index (χ1n) is 7.70. The monoisotopic (exact) mass is 356 g/mol. The van der Waals surface area contributed by atoms with Crippen LogP contribution < -0.4 is 9.80 Å². The molecule has 2 amide bonds. The number of ketones is 2. The van der Waals surface area contributed by atoms with E-state index in [0.29, 0.717) is 0 Å². The Balaban J connectivity index is 1.61. The summed E-state index contributed by atoms with van der Waals surface area (Å²) in [5, 5.41) is 0. The normalized spacial score (nSPS) is 15.8. The van der Waals surface area contributed by atoms with E-state index in [1.165, 1.54) is 12.1 Å². The quantitative estimate of drug-likeness (QED) is 0.785. The van der Waals surface area contributed by atoms with Gasteiger partial charge in [0.2, 0.25) is 0 Å². The molecule has 0 radical (unpaired) electrons. The number of hydrogen-bond acceptors (Lipinski definition) is 4. The molecule has 0 atom stereocenters. The fourth-order valence-corrected chi connectivity index (χ4v) is 3.19. The van der Waals surface area contributed by atoms with E-state index in [2.05, 4.69) is 0 Å². The van der Waals surface area contributed by atoms with E-state index in [9.17, 15) is 28.0 Å². The Labute approximate surface area is 145 Å². The summed E-state index contributed by atoms with van der Waals surface area (Å²) in [6.45, 7) is -0.141. The molecule has 4 rings (SSSR count). The number of hydrogen-bond donors (Lipinski definition) is 0. The molecule has 2 aliphatic heterocycles. The Morgan fingerprint density at radius 1 is 0.654 bits per heavy atom. The van der Waals surface area contributed by atoms with Crippen molar-refractivity contribution in [3.05, 3.63) is 59.2 Å². The van der Waals surface area contributed by atoms with Crippen molar-refractivity contribution in [2.75, 3.05) is 22.9 Å². The van der Waals surface area contributed by atoms with E-state index < -0.39 is 35.0 Å². The van der Waals surface area contributed by atoms with Crippen molar-refractivity contribution in [3.8, 4) is 0 Å². The molecule has 0 bridgehead atoms. The molecular formula is C18H10F2N2O4. The summed E-state index contributed by atoms with van der Waals surface area (Å²) in [5.41, 5.74) is 0.417. The molecule has 6 nitrogen and oxygen atoms in total. The fourth-order valence-electron chi connectivity index (χ4n) is 3.19. The van der Waals surface area contributed by atoms with Crippen LogP contribution in [0.4, 0.5) is 20.2 Å². The number of amides is 2. The summed E-state index contributed by atoms with van der Waals surface area (Å²) in [7, 11) is 0. The van der Waals surface area contributed by atoms with Crippen molar-refractivity contribution in [1.82, 2.24) is 0 Å². The average molecular weight is 356 g/mol. The minimum absolute atomic E-state index is 0.0405. The van der Waals surface area contributed by atoms with Gasteiger partial charge in [-0.05, 0) is 36.4 Å². The number of anilines is 2. The molecule has 0 spiro atoms. The zero-order chi connectivity index (χ0) is 18.6. The Morgan fingerprint density at radius 2 is 1.04 bits per heavy atom. The maximum Gasteiger partial charge on any atom is 0.299 e. The van der Waals surface area contributed by atoms with Gasteiger partial charge in [-0.1, -0.05) is 0 Å². The van der Waals surface area contributed by atoms with Crippen LogP contribution in [0.5, 0.6) is 0 Å². The van der Waals surface area contributed by atoms with Gasteiger partial charge in [-0.15, -0.1) is 0 Å². The molecule has 26 heavy (non-hydrogen) atoms. The number of benzene rings is 2. The number of nitrogens with zero attached hydrogens (tertiary/aromatic N) is 2. The molecule has 2 aromatic carbocycles. The highest BCUT2D eigenvalue weighted by Gasteiger charge is 2.39. The molecule has 2 aromatic rings. The number of fused-ring (bicyclic) bond motifs is 2. The fraction of sp³-hybridized carbons (Fsp3) is 0.111. The van der Waals surface area contributed by atoms with Crippen LogP contribution in [-0.4, -0.2) is 36.5 Å². The first-order chi connectivity index (χ1) is 12.4. The molecular weight excluding hydrogens is 346 g/mol. The third kappa shape index (κ3) is 2.22. The second-order valence-corrected chi connectivity index (χ2v) is 5.89. The summed E-state index contributed by atoms with van der Waals surface area (Å²) in [4.78, 5) is 50.5. The van der Waals surface area contributed by atoms with Crippen LogP contribution in [0.1, 0.15) is 20.7 Å². The molecule has 0 aliphatic carbocycles. The van der Waals surface area contributed by atoms with Crippen LogP contribution in [-0.2, 0) is 9.59 Å². The smallest absolute Gasteiger partial charge is 0.299 e. The van der Waals surface area contributed by atoms with Crippen LogP contribution >= 0.6 is 0 Å². The summed E-state index contributed by atoms with van der Waals surface area (Å²) < 4.78 is 26.6. The number of carbonyl (C=O) groups excluding carboxylic acids is 4. The molecule has 2 heterocycles. The first kappa shape index (κ1) is 16.1. The molecule has 0 unspecified atom stereocenters. The van der Waals surface area contributed by atoms with Gasteiger partial charge < -0.3 is 9.80 Å². The van der Waals surface area contributed by atoms with Gasteiger partial charge in [0, 0.05) is 13.1 Å². The Morgan fingerprint density at radius 3 is 1.42 bits per heavy atom. The summed E-state index contributed by atoms with van der Waals surface area (Å²) in [6, 6.07) is 6.85. The predicted molar refractivity (Wildman–Crippen MR) is 86.2 cm³/mol. The molecule has 0 saturated carbocycles. The van der Waals surface area contributed by atoms with Gasteiger partial charge in [0.05, 0.1) is 22.5 Å². The van der Waals surface area contributed by atoms with E-state index in [0.717, 1.165) is 34.1 Å². The lowest BCUT2D eigenvalue weighted by Gasteiger charge is -2.22. The van der Waals surface area contributed by atoms with Crippen molar-refractivity contribution >= 4 is 34.8 Å². The molecule has 0 saturated heterocycles. The summed E-state index contributed by atoms with van der Waals surface area (Å²) >= 11 is 0. The van der Waals surface area contributed by atoms with Crippen molar-refractivity contribution < 1.29 is 28.0 Å². The summed E-state index contributed by atoms with van der Waals surface area (Å²) in [6.07, 6.45) is 0. The Hall–Kier alpha value is -3.42. The number of rotatable bonds is 3. The second kappa shape index (κ2) is 5.55. The lowest BCUT2D eigenvalue weighted by molar-refractivity contribution is -0.115. The standard InChI is InChI=1S/C18H10F2N2O4/c19-9-1-3-13-11(7-9)15(23)17(25)21(13)5-6-22-14-4-2-10(20)8-12(14)16(24)18(22)26/h1-4,7-8H,5-6H2. The largest absolute Gasteiger partial charge is 0.303 e. The van der Waals surface area contributed by atoms with Crippen LogP contribution in [0, 0.1) is 11.6 Å². The van der Waals surface area contributed by atoms with E-state index in [4.69, 9.17) is 0 Å². The van der Waals surface area contributed by atoms with Crippen molar-refractivity contribution in [2.24, 2.45) is 0 Å². The highest BCUT2D eigenvalue weighted by molar-refractivity contribution is 6.53. The lowest BCUT2D eigenvalue weighted by atomic mass is 10.1. The van der Waals surface area contributed by atoms with Gasteiger partial charge in [0.1, 0.15) is 11.6 Å². The van der Waals surface area contributed by atoms with Crippen LogP contribution in [0.3, 0.4) is 0 Å². The SMILES string of the molecule is O=C1C(=O)N(CCN2C(=O)C(=O)c3cc(F)ccc32)c2ccc(F)cc21. The van der Waals surface area contributed by atoms with E-state index in [-0.39, 0.29) is 35.6 Å². The minimum Gasteiger partial charge on any atom is -0.303 e. The molecule has 2 aliphatic rings. The van der Waals surface area contributed by atoms with E-state index in [1.807, 2.05) is 0 Å². The lowest BCUT2D eigenvalue weighted by Crippen LogP contribution is -2.40. The molecule has 0 fully saturated rings. The molecule has 0 N–H and O–H groups in total. The maximum absolute atomic E-state index is 13.3. The maximum atomic E-state index is 13.3. The second-order valence-electron chi connectivity index (χ2n) is 5.89. The van der Waals surface area contributed by atoms with E-state index >= 15 is 0 Å². The molecule has 130 valence electrons. The van der Waals surface area contributed by atoms with Crippen LogP contribution in [0.15, 0.2) is 36.4 Å². The summed E-state index contributed by atoms with van der Waals surface area (Å²) in [5.74, 6) is -4.59. The zero-order valence-corrected chi connectivity index (χ0v) is 13.2. The van der Waals surface area contributed by atoms with Gasteiger partial charge in [-0.25, -0.2) is 8.78 Å². The van der Waals surface area contributed by atoms with E-state index in [1.54, 1.807) is 0 Å². The van der Waals surface area contributed by atoms with Gasteiger partial charge in [0.25, 0.3) is 23.4 Å². The number of halogens is 2. The predicted octanol–water partition coefficient (Wildman–Crippen LogP) is 1.72. The molecule has 0 aromatic heterocycles. The zero-order valence-electron chi connectivity index (χ0n) is 13.2. The Kier molecular flexibility index (Phi) is 3.43. The van der Waals surface area contributed by atoms with Crippen molar-refractivity contribution in [1.29, 1.82) is 0 Å². The first-order valence-corrected chi connectivity index (χ1v) is 7.70. The van der Waals surface area contributed by atoms with Crippen LogP contribution in [0.25, 0.3) is 0 Å². The van der Waals surface area contributed by atoms with Crippen LogP contribution in [0.2, 0.25) is 0 Å². The minimum atomic E-state index is -0.831. The third-order valence-electron chi connectivity index (χ3n) is 4.41. The third-order valence-corrected chi connectivity index (χ3v) is 4.41. The van der Waals surface area contributed by atoms with Gasteiger partial charge in [0.15, 0.2) is 0 Å². The van der Waals surface area contributed by atoms with Gasteiger partial charge >= 0.3 is 0 Å². The highest BCUT2D eigenvalue weighted by atomic mass is 19.1. The van der Waals surface area contributed by atoms with Gasteiger partial charge in [-0.3, -0.25) is 19.2 Å². The van der Waals surface area contributed by atoms with Crippen molar-refractivity contribution in [3.63, 3.8) is 0 Å². The Bertz CT molecular complexity index is 937. The number of Topliss-reactive ketones (excluding diaryl/α,β-unsaturated/α-hetero) is 2. The molecule has 8 heteroatoms. The topological polar surface area (TPSA) is 74.8 Å². The van der Waals surface area contributed by atoms with Crippen molar-refractivity contribution in [2.45, 2.75) is 0 Å². The number of carbonyl (C=O) groups is 4. The van der Waals surface area contributed by atoms with Gasteiger partial charge in [-0.2, -0.15) is 0 Å².